The van der Waals surface area contributed by atoms with E-state index in [4.69, 9.17) is 11.5 Å². The van der Waals surface area contributed by atoms with Crippen LogP contribution in [0.25, 0.3) is 0 Å². The molecule has 0 bridgehead atoms. The van der Waals surface area contributed by atoms with Crippen LogP contribution in [0.1, 0.15) is 6.92 Å². The summed E-state index contributed by atoms with van der Waals surface area (Å²) in [7, 11) is 0. The zero-order valence-electron chi connectivity index (χ0n) is 5.66. The van der Waals surface area contributed by atoms with Crippen molar-refractivity contribution in [3.63, 3.8) is 0 Å². The second kappa shape index (κ2) is 4.39. The highest BCUT2D eigenvalue weighted by molar-refractivity contribution is 5.81. The Morgan fingerprint density at radius 2 is 2.30 bits per heavy atom. The first-order chi connectivity index (χ1) is 4.66. The normalized spacial score (nSPS) is 11.4. The van der Waals surface area contributed by atoms with E-state index in [-0.39, 0.29) is 0 Å². The number of hydrogen-bond acceptors (Lipinski definition) is 1. The van der Waals surface area contributed by atoms with Crippen LogP contribution in [0.2, 0.25) is 0 Å². The maximum Gasteiger partial charge on any atom is 0.328 e. The summed E-state index contributed by atoms with van der Waals surface area (Å²) >= 11 is 0. The molecule has 1 N–H and O–H groups in total. The van der Waals surface area contributed by atoms with Gasteiger partial charge in [-0.25, -0.2) is 4.79 Å². The monoisotopic (exact) mass is 136 g/mol. The Morgan fingerprint density at radius 1 is 1.70 bits per heavy atom. The molecule has 0 saturated heterocycles. The third-order valence-corrected chi connectivity index (χ3v) is 0.794. The highest BCUT2D eigenvalue weighted by Crippen LogP contribution is 1.92. The van der Waals surface area contributed by atoms with Gasteiger partial charge in [0.2, 0.25) is 0 Å². The molecule has 0 spiro atoms. The van der Waals surface area contributed by atoms with Crippen LogP contribution in [-0.2, 0) is 4.79 Å². The Bertz CT molecular complexity index is 216. The smallest absolute Gasteiger partial charge is 0.328 e. The molecule has 0 aliphatic rings. The lowest BCUT2D eigenvalue weighted by Crippen LogP contribution is -1.87. The lowest BCUT2D eigenvalue weighted by atomic mass is 10.2. The van der Waals surface area contributed by atoms with Gasteiger partial charge in [-0.1, -0.05) is 12.0 Å². The van der Waals surface area contributed by atoms with Crippen LogP contribution in [0.5, 0.6) is 0 Å². The molecule has 2 heteroatoms. The van der Waals surface area contributed by atoms with E-state index in [0.29, 0.717) is 5.57 Å². The molecule has 0 fully saturated rings. The van der Waals surface area contributed by atoms with E-state index in [2.05, 4.69) is 5.92 Å². The molecule has 0 amide bonds. The number of carboxylic acid groups (broad SMARTS) is 1. The number of terminal acetylenes is 1. The summed E-state index contributed by atoms with van der Waals surface area (Å²) in [4.78, 5) is 10.0. The second-order valence-electron chi connectivity index (χ2n) is 1.73. The van der Waals surface area contributed by atoms with Crippen molar-refractivity contribution >= 4 is 5.97 Å². The van der Waals surface area contributed by atoms with Crippen molar-refractivity contribution in [1.29, 1.82) is 0 Å². The molecular weight excluding hydrogens is 128 g/mol. The number of hydrogen-bond donors (Lipinski definition) is 1. The maximum absolute atomic E-state index is 10.0. The molecule has 0 aliphatic heterocycles. The molecule has 0 heterocycles. The number of carboxylic acids is 1. The summed E-state index contributed by atoms with van der Waals surface area (Å²) in [6, 6.07) is 0. The van der Waals surface area contributed by atoms with E-state index < -0.39 is 5.97 Å². The van der Waals surface area contributed by atoms with Crippen LogP contribution in [0.15, 0.2) is 23.8 Å². The van der Waals surface area contributed by atoms with E-state index in [1.807, 2.05) is 0 Å². The van der Waals surface area contributed by atoms with E-state index in [1.165, 1.54) is 6.08 Å². The summed E-state index contributed by atoms with van der Waals surface area (Å²) in [6.07, 6.45) is 9.00. The summed E-state index contributed by atoms with van der Waals surface area (Å²) in [5, 5.41) is 8.22. The number of aliphatic carboxylic acids is 1. The Morgan fingerprint density at radius 3 is 2.70 bits per heavy atom. The molecule has 0 rings (SSSR count). The zero-order chi connectivity index (χ0) is 7.98. The largest absolute Gasteiger partial charge is 0.478 e. The summed E-state index contributed by atoms with van der Waals surface area (Å²) in [6.45, 7) is 1.67. The minimum Gasteiger partial charge on any atom is -0.478 e. The van der Waals surface area contributed by atoms with Crippen molar-refractivity contribution in [2.45, 2.75) is 6.92 Å². The van der Waals surface area contributed by atoms with Crippen molar-refractivity contribution in [2.75, 3.05) is 0 Å². The molecule has 0 radical (unpaired) electrons. The molecule has 0 aromatic rings. The Balaban J connectivity index is 4.11. The number of carbonyl (C=O) groups is 1. The minimum atomic E-state index is -0.959. The van der Waals surface area contributed by atoms with Gasteiger partial charge in [0.1, 0.15) is 0 Å². The third kappa shape index (κ3) is 4.66. The van der Waals surface area contributed by atoms with Crippen LogP contribution >= 0.6 is 0 Å². The van der Waals surface area contributed by atoms with Crippen LogP contribution in [-0.4, -0.2) is 11.1 Å². The van der Waals surface area contributed by atoms with Gasteiger partial charge < -0.3 is 5.11 Å². The molecule has 0 aliphatic carbocycles. The lowest BCUT2D eigenvalue weighted by molar-refractivity contribution is -0.131. The predicted molar refractivity (Wildman–Crippen MR) is 39.4 cm³/mol. The topological polar surface area (TPSA) is 37.3 Å². The fourth-order valence-corrected chi connectivity index (χ4v) is 0.422. The molecule has 0 unspecified atom stereocenters. The van der Waals surface area contributed by atoms with Gasteiger partial charge in [-0.05, 0) is 18.6 Å². The highest BCUT2D eigenvalue weighted by Gasteiger charge is 1.87. The van der Waals surface area contributed by atoms with E-state index in [0.717, 1.165) is 6.08 Å². The molecule has 0 atom stereocenters. The summed E-state index contributed by atoms with van der Waals surface area (Å²) in [5.41, 5.74) is 0.630. The van der Waals surface area contributed by atoms with Crippen molar-refractivity contribution in [3.8, 4) is 12.3 Å². The number of rotatable bonds is 2. The Labute approximate surface area is 59.9 Å². The van der Waals surface area contributed by atoms with Gasteiger partial charge in [0, 0.05) is 6.08 Å². The molecule has 0 aromatic heterocycles. The quantitative estimate of drug-likeness (QED) is 0.352. The average Bonchev–Trinajstić information content (AvgIpc) is 1.82. The van der Waals surface area contributed by atoms with Gasteiger partial charge in [-0.15, -0.1) is 6.42 Å². The van der Waals surface area contributed by atoms with Gasteiger partial charge in [-0.2, -0.15) is 0 Å². The summed E-state index contributed by atoms with van der Waals surface area (Å²) in [5.74, 6) is 1.30. The molecular formula is C8H8O2. The third-order valence-electron chi connectivity index (χ3n) is 0.794. The predicted octanol–water partition coefficient (Wildman–Crippen LogP) is 1.21. The fraction of sp³-hybridized carbons (Fsp3) is 0.125. The van der Waals surface area contributed by atoms with Crippen LogP contribution in [0.4, 0.5) is 0 Å². The molecule has 52 valence electrons. The van der Waals surface area contributed by atoms with E-state index in [1.54, 1.807) is 13.0 Å². The summed E-state index contributed by atoms with van der Waals surface area (Å²) < 4.78 is 0. The molecule has 0 saturated carbocycles. The zero-order valence-corrected chi connectivity index (χ0v) is 5.66. The van der Waals surface area contributed by atoms with Gasteiger partial charge >= 0.3 is 5.97 Å². The van der Waals surface area contributed by atoms with Crippen molar-refractivity contribution in [1.82, 2.24) is 0 Å². The Hall–Kier alpha value is -1.49. The SMILES string of the molecule is C#C/C=C/C(C)=C\C(=O)O. The number of allylic oxidation sites excluding steroid dienone is 3. The maximum atomic E-state index is 10.0. The fourth-order valence-electron chi connectivity index (χ4n) is 0.422. The van der Waals surface area contributed by atoms with E-state index in [9.17, 15) is 4.79 Å². The standard InChI is InChI=1S/C8H8O2/c1-3-4-5-7(2)6-8(9)10/h1,4-6H,2H3,(H,9,10)/b5-4+,7-6-. The molecule has 0 aromatic carbocycles. The van der Waals surface area contributed by atoms with Gasteiger partial charge in [0.05, 0.1) is 0 Å². The molecule has 10 heavy (non-hydrogen) atoms. The van der Waals surface area contributed by atoms with Crippen LogP contribution in [0.3, 0.4) is 0 Å². The van der Waals surface area contributed by atoms with Crippen LogP contribution in [0, 0.1) is 12.3 Å². The van der Waals surface area contributed by atoms with Gasteiger partial charge in [0.15, 0.2) is 0 Å². The van der Waals surface area contributed by atoms with Crippen LogP contribution < -0.4 is 0 Å². The Kier molecular flexibility index (Phi) is 3.74. The second-order valence-corrected chi connectivity index (χ2v) is 1.73. The van der Waals surface area contributed by atoms with Gasteiger partial charge in [-0.3, -0.25) is 0 Å². The molecule has 2 nitrogen and oxygen atoms in total. The van der Waals surface area contributed by atoms with Crippen molar-refractivity contribution in [2.24, 2.45) is 0 Å². The average molecular weight is 136 g/mol. The first-order valence-corrected chi connectivity index (χ1v) is 2.70. The first-order valence-electron chi connectivity index (χ1n) is 2.70. The minimum absolute atomic E-state index is 0.630. The van der Waals surface area contributed by atoms with Crippen molar-refractivity contribution in [3.05, 3.63) is 23.8 Å². The first kappa shape index (κ1) is 8.51. The highest BCUT2D eigenvalue weighted by atomic mass is 16.4. The van der Waals surface area contributed by atoms with E-state index >= 15 is 0 Å². The van der Waals surface area contributed by atoms with Crippen molar-refractivity contribution < 1.29 is 9.90 Å². The van der Waals surface area contributed by atoms with Gasteiger partial charge in [0.25, 0.3) is 0 Å². The lowest BCUT2D eigenvalue weighted by Gasteiger charge is -1.84.